The number of nitrogens with zero attached hydrogens (tertiary/aromatic N) is 1. The van der Waals surface area contributed by atoms with E-state index < -0.39 is 0 Å². The molecule has 1 saturated heterocycles. The molecule has 1 aliphatic rings. The van der Waals surface area contributed by atoms with E-state index in [2.05, 4.69) is 39.1 Å². The summed E-state index contributed by atoms with van der Waals surface area (Å²) >= 11 is 7.97. The highest BCUT2D eigenvalue weighted by Crippen LogP contribution is 2.28. The second kappa shape index (κ2) is 10.2. The molecule has 0 spiro atoms. The molecule has 2 N–H and O–H groups in total. The van der Waals surface area contributed by atoms with Crippen LogP contribution in [0.25, 0.3) is 0 Å². The predicted molar refractivity (Wildman–Crippen MR) is 125 cm³/mol. The number of halogens is 1. The minimum atomic E-state index is -0.197. The summed E-state index contributed by atoms with van der Waals surface area (Å²) in [5, 5.41) is 9.18. The number of benzene rings is 2. The van der Waals surface area contributed by atoms with Crippen molar-refractivity contribution in [1.82, 2.24) is 10.2 Å². The number of carbonyl (C=O) groups is 1. The lowest BCUT2D eigenvalue weighted by atomic mass is 10.1. The summed E-state index contributed by atoms with van der Waals surface area (Å²) in [4.78, 5) is 16.5. The van der Waals surface area contributed by atoms with Crippen LogP contribution in [0.1, 0.15) is 39.7 Å². The van der Waals surface area contributed by atoms with Crippen molar-refractivity contribution in [3.05, 3.63) is 87.1 Å². The van der Waals surface area contributed by atoms with E-state index >= 15 is 0 Å². The largest absolute Gasteiger partial charge is 0.322 e. The lowest BCUT2D eigenvalue weighted by molar-refractivity contribution is 0.102. The maximum absolute atomic E-state index is 12.5. The summed E-state index contributed by atoms with van der Waals surface area (Å²) < 4.78 is 0. The lowest BCUT2D eigenvalue weighted by Gasteiger charge is -2.27. The van der Waals surface area contributed by atoms with Gasteiger partial charge in [0.15, 0.2) is 0 Å². The van der Waals surface area contributed by atoms with Crippen LogP contribution >= 0.6 is 22.9 Å². The van der Waals surface area contributed by atoms with E-state index in [-0.39, 0.29) is 5.91 Å². The minimum Gasteiger partial charge on any atom is -0.322 e. The van der Waals surface area contributed by atoms with Gasteiger partial charge in [0.05, 0.1) is 16.6 Å². The summed E-state index contributed by atoms with van der Waals surface area (Å²) in [5.41, 5.74) is 2.39. The molecule has 2 aromatic carbocycles. The Kier molecular flexibility index (Phi) is 7.18. The van der Waals surface area contributed by atoms with E-state index in [9.17, 15) is 4.79 Å². The van der Waals surface area contributed by atoms with Crippen LogP contribution in [0.3, 0.4) is 0 Å². The van der Waals surface area contributed by atoms with E-state index in [1.165, 1.54) is 30.8 Å². The second-order valence-corrected chi connectivity index (χ2v) is 8.93. The van der Waals surface area contributed by atoms with Crippen LogP contribution < -0.4 is 10.6 Å². The fraction of sp³-hybridized carbons (Fsp3) is 0.292. The molecule has 4 rings (SSSR count). The van der Waals surface area contributed by atoms with Crippen LogP contribution in [0.4, 0.5) is 5.69 Å². The molecule has 0 aliphatic carbocycles. The van der Waals surface area contributed by atoms with Gasteiger partial charge in [-0.25, -0.2) is 0 Å². The lowest BCUT2D eigenvalue weighted by Crippen LogP contribution is -2.33. The molecule has 30 heavy (non-hydrogen) atoms. The summed E-state index contributed by atoms with van der Waals surface area (Å²) in [6.45, 7) is 4.02. The topological polar surface area (TPSA) is 44.4 Å². The average Bonchev–Trinajstić information content (AvgIpc) is 3.46. The van der Waals surface area contributed by atoms with Gasteiger partial charge in [0, 0.05) is 23.7 Å². The Hall–Kier alpha value is -2.18. The summed E-state index contributed by atoms with van der Waals surface area (Å²) in [6, 6.07) is 19.8. The molecule has 6 heteroatoms. The number of anilines is 1. The molecular formula is C24H26ClN3OS. The van der Waals surface area contributed by atoms with Crippen LogP contribution in [0.15, 0.2) is 66.0 Å². The van der Waals surface area contributed by atoms with Gasteiger partial charge in [0.25, 0.3) is 5.91 Å². The van der Waals surface area contributed by atoms with Crippen molar-refractivity contribution in [2.45, 2.75) is 25.4 Å². The van der Waals surface area contributed by atoms with Crippen LogP contribution in [-0.4, -0.2) is 30.4 Å². The van der Waals surface area contributed by atoms with Gasteiger partial charge in [0.1, 0.15) is 0 Å². The summed E-state index contributed by atoms with van der Waals surface area (Å²) in [6.07, 6.45) is 2.57. The number of carbonyl (C=O) groups excluding carboxylic acids is 1. The summed E-state index contributed by atoms with van der Waals surface area (Å²) in [5.74, 6) is -0.197. The van der Waals surface area contributed by atoms with Gasteiger partial charge in [-0.3, -0.25) is 9.69 Å². The van der Waals surface area contributed by atoms with Gasteiger partial charge >= 0.3 is 0 Å². The van der Waals surface area contributed by atoms with Gasteiger partial charge in [-0.2, -0.15) is 0 Å². The van der Waals surface area contributed by atoms with E-state index in [0.29, 0.717) is 16.6 Å². The van der Waals surface area contributed by atoms with Crippen molar-refractivity contribution in [2.24, 2.45) is 0 Å². The first-order chi connectivity index (χ1) is 14.7. The molecule has 1 atom stereocenters. The van der Waals surface area contributed by atoms with E-state index in [1.807, 2.05) is 41.7 Å². The van der Waals surface area contributed by atoms with Crippen molar-refractivity contribution >= 4 is 34.5 Å². The fourth-order valence-corrected chi connectivity index (χ4v) is 4.98. The predicted octanol–water partition coefficient (Wildman–Crippen LogP) is 5.58. The molecule has 0 unspecified atom stereocenters. The Morgan fingerprint density at radius 1 is 1.07 bits per heavy atom. The minimum absolute atomic E-state index is 0.197. The van der Waals surface area contributed by atoms with Crippen molar-refractivity contribution in [3.63, 3.8) is 0 Å². The van der Waals surface area contributed by atoms with Crippen LogP contribution in [0.5, 0.6) is 0 Å². The van der Waals surface area contributed by atoms with E-state index in [0.717, 1.165) is 24.3 Å². The number of nitrogens with one attached hydrogen (secondary N) is 2. The van der Waals surface area contributed by atoms with Crippen LogP contribution in [0, 0.1) is 0 Å². The second-order valence-electron chi connectivity index (χ2n) is 7.54. The van der Waals surface area contributed by atoms with E-state index in [4.69, 9.17) is 11.6 Å². The van der Waals surface area contributed by atoms with Gasteiger partial charge in [-0.05, 0) is 67.2 Å². The molecule has 2 heterocycles. The Morgan fingerprint density at radius 3 is 2.67 bits per heavy atom. The quantitative estimate of drug-likeness (QED) is 0.481. The average molecular weight is 440 g/mol. The number of rotatable bonds is 8. The number of likely N-dealkylation sites (tertiary alicyclic amines) is 1. The SMILES string of the molecule is O=C(Nc1cccc(CNC[C@H](c2cccs2)N2CCCC2)c1)c1ccccc1Cl. The van der Waals surface area contributed by atoms with Crippen molar-refractivity contribution in [1.29, 1.82) is 0 Å². The van der Waals surface area contributed by atoms with Crippen LogP contribution in [-0.2, 0) is 6.54 Å². The number of hydrogen-bond donors (Lipinski definition) is 2. The van der Waals surface area contributed by atoms with Gasteiger partial charge in [-0.15, -0.1) is 11.3 Å². The van der Waals surface area contributed by atoms with Crippen molar-refractivity contribution in [3.8, 4) is 0 Å². The highest BCUT2D eigenvalue weighted by molar-refractivity contribution is 7.10. The number of thiophene rings is 1. The normalized spacial score (nSPS) is 15.2. The molecule has 1 aliphatic heterocycles. The molecule has 0 saturated carbocycles. The van der Waals surface area contributed by atoms with Crippen LogP contribution in [0.2, 0.25) is 5.02 Å². The maximum atomic E-state index is 12.5. The summed E-state index contributed by atoms with van der Waals surface area (Å²) in [7, 11) is 0. The molecule has 4 nitrogen and oxygen atoms in total. The molecular weight excluding hydrogens is 414 g/mol. The third-order valence-electron chi connectivity index (χ3n) is 5.42. The fourth-order valence-electron chi connectivity index (χ4n) is 3.90. The molecule has 1 fully saturated rings. The first-order valence-corrected chi connectivity index (χ1v) is 11.6. The van der Waals surface area contributed by atoms with E-state index in [1.54, 1.807) is 12.1 Å². The zero-order valence-electron chi connectivity index (χ0n) is 16.8. The molecule has 1 aromatic heterocycles. The standard InChI is InChI=1S/C24H26ClN3OS/c25-21-10-2-1-9-20(21)24(29)27-19-8-5-7-18(15-19)16-26-17-22(23-11-6-14-30-23)28-12-3-4-13-28/h1-2,5-11,14-15,22,26H,3-4,12-13,16-17H2,(H,27,29)/t22-/m1/s1. The highest BCUT2D eigenvalue weighted by Gasteiger charge is 2.23. The first kappa shape index (κ1) is 21.1. The molecule has 0 bridgehead atoms. The molecule has 3 aromatic rings. The third kappa shape index (κ3) is 5.29. The number of amides is 1. The maximum Gasteiger partial charge on any atom is 0.257 e. The van der Waals surface area contributed by atoms with Crippen molar-refractivity contribution < 1.29 is 4.79 Å². The van der Waals surface area contributed by atoms with Gasteiger partial charge in [0.2, 0.25) is 0 Å². The Morgan fingerprint density at radius 2 is 1.90 bits per heavy atom. The third-order valence-corrected chi connectivity index (χ3v) is 6.73. The van der Waals surface area contributed by atoms with Crippen molar-refractivity contribution in [2.75, 3.05) is 25.0 Å². The highest BCUT2D eigenvalue weighted by atomic mass is 35.5. The molecule has 1 amide bonds. The first-order valence-electron chi connectivity index (χ1n) is 10.3. The van der Waals surface area contributed by atoms with Gasteiger partial charge in [-0.1, -0.05) is 41.9 Å². The molecule has 156 valence electrons. The zero-order valence-corrected chi connectivity index (χ0v) is 18.4. The van der Waals surface area contributed by atoms with Gasteiger partial charge < -0.3 is 10.6 Å². The smallest absolute Gasteiger partial charge is 0.257 e. The Labute approximate surface area is 186 Å². The monoisotopic (exact) mass is 439 g/mol. The molecule has 0 radical (unpaired) electrons. The Balaban J connectivity index is 1.36. The Bertz CT molecular complexity index is 970. The number of hydrogen-bond acceptors (Lipinski definition) is 4. The zero-order chi connectivity index (χ0) is 20.8.